The third-order valence-electron chi connectivity index (χ3n) is 5.38. The highest BCUT2D eigenvalue weighted by Gasteiger charge is 2.19. The predicted octanol–water partition coefficient (Wildman–Crippen LogP) is 3.06. The van der Waals surface area contributed by atoms with E-state index in [2.05, 4.69) is 30.6 Å². The largest absolute Gasteiger partial charge is 0.494 e. The Morgan fingerprint density at radius 2 is 2.00 bits per heavy atom. The van der Waals surface area contributed by atoms with Gasteiger partial charge in [0.15, 0.2) is 0 Å². The van der Waals surface area contributed by atoms with Gasteiger partial charge in [-0.25, -0.2) is 9.67 Å². The van der Waals surface area contributed by atoms with Crippen molar-refractivity contribution in [2.45, 2.75) is 0 Å². The second-order valence-electron chi connectivity index (χ2n) is 7.44. The molecule has 1 amide bonds. The highest BCUT2D eigenvalue weighted by Crippen LogP contribution is 2.28. The van der Waals surface area contributed by atoms with Gasteiger partial charge in [0.2, 0.25) is 0 Å². The van der Waals surface area contributed by atoms with E-state index in [1.165, 1.54) is 11.3 Å². The molecule has 0 aliphatic carbocycles. The molecule has 168 valence electrons. The third-order valence-corrected chi connectivity index (χ3v) is 6.25. The smallest absolute Gasteiger partial charge is 0.275 e. The highest BCUT2D eigenvalue weighted by molar-refractivity contribution is 7.13. The summed E-state index contributed by atoms with van der Waals surface area (Å²) in [4.78, 5) is 23.9. The summed E-state index contributed by atoms with van der Waals surface area (Å²) in [5.74, 6) is 0.453. The molecule has 4 aromatic rings. The first-order valence-corrected chi connectivity index (χ1v) is 11.5. The lowest BCUT2D eigenvalue weighted by Gasteiger charge is -2.30. The van der Waals surface area contributed by atoms with Gasteiger partial charge in [-0.15, -0.1) is 11.3 Å². The van der Waals surface area contributed by atoms with Crippen molar-refractivity contribution >= 4 is 28.6 Å². The normalized spacial score (nSPS) is 13.7. The van der Waals surface area contributed by atoms with Crippen LogP contribution in [-0.4, -0.2) is 58.9 Å². The van der Waals surface area contributed by atoms with E-state index in [0.717, 1.165) is 43.3 Å². The van der Waals surface area contributed by atoms with Gasteiger partial charge in [0.25, 0.3) is 5.91 Å². The van der Waals surface area contributed by atoms with Gasteiger partial charge in [0.1, 0.15) is 27.8 Å². The number of rotatable bonds is 6. The minimum Gasteiger partial charge on any atom is -0.494 e. The zero-order valence-corrected chi connectivity index (χ0v) is 18.9. The molecule has 5 rings (SSSR count). The summed E-state index contributed by atoms with van der Waals surface area (Å²) in [7, 11) is 1.63. The van der Waals surface area contributed by atoms with Gasteiger partial charge in [0.05, 0.1) is 24.7 Å². The van der Waals surface area contributed by atoms with E-state index in [0.29, 0.717) is 22.1 Å². The van der Waals surface area contributed by atoms with Gasteiger partial charge in [0, 0.05) is 44.0 Å². The molecule has 1 aliphatic rings. The van der Waals surface area contributed by atoms with E-state index in [-0.39, 0.29) is 5.91 Å². The van der Waals surface area contributed by atoms with Gasteiger partial charge in [-0.1, -0.05) is 12.1 Å². The lowest BCUT2D eigenvalue weighted by Crippen LogP contribution is -2.43. The van der Waals surface area contributed by atoms with E-state index in [4.69, 9.17) is 4.74 Å². The van der Waals surface area contributed by atoms with Crippen LogP contribution in [0, 0.1) is 0 Å². The SMILES string of the molecule is COc1ccccc1-n1ccc(-c2nc(C(=O)Nc3cnccc3N3CCNCC3)cs2)n1. The Morgan fingerprint density at radius 1 is 1.15 bits per heavy atom. The van der Waals surface area contributed by atoms with Crippen LogP contribution in [0.5, 0.6) is 5.75 Å². The van der Waals surface area contributed by atoms with Crippen molar-refractivity contribution in [2.24, 2.45) is 0 Å². The molecule has 1 aliphatic heterocycles. The van der Waals surface area contributed by atoms with Gasteiger partial charge < -0.3 is 20.3 Å². The first kappa shape index (κ1) is 21.1. The fourth-order valence-electron chi connectivity index (χ4n) is 3.74. The topological polar surface area (TPSA) is 97.2 Å². The van der Waals surface area contributed by atoms with Crippen molar-refractivity contribution in [3.8, 4) is 22.1 Å². The average molecular weight is 462 g/mol. The molecule has 33 heavy (non-hydrogen) atoms. The Balaban J connectivity index is 1.34. The summed E-state index contributed by atoms with van der Waals surface area (Å²) in [6, 6.07) is 11.5. The van der Waals surface area contributed by atoms with Crippen LogP contribution in [0.3, 0.4) is 0 Å². The van der Waals surface area contributed by atoms with E-state index >= 15 is 0 Å². The predicted molar refractivity (Wildman–Crippen MR) is 128 cm³/mol. The Hall–Kier alpha value is -3.76. The number of methoxy groups -OCH3 is 1. The van der Waals surface area contributed by atoms with Crippen LogP contribution in [0.2, 0.25) is 0 Å². The molecule has 9 nitrogen and oxygen atoms in total. The Morgan fingerprint density at radius 3 is 2.85 bits per heavy atom. The van der Waals surface area contributed by atoms with E-state index < -0.39 is 0 Å². The lowest BCUT2D eigenvalue weighted by molar-refractivity contribution is 0.102. The van der Waals surface area contributed by atoms with Crippen LogP contribution in [-0.2, 0) is 0 Å². The number of nitrogens with zero attached hydrogens (tertiary/aromatic N) is 5. The monoisotopic (exact) mass is 461 g/mol. The number of thiazole rings is 1. The van der Waals surface area contributed by atoms with Gasteiger partial charge in [-0.3, -0.25) is 9.78 Å². The highest BCUT2D eigenvalue weighted by atomic mass is 32.1. The number of anilines is 2. The molecule has 0 bridgehead atoms. The molecule has 1 fully saturated rings. The van der Waals surface area contributed by atoms with Crippen molar-refractivity contribution in [3.05, 3.63) is 66.1 Å². The Labute approximate surface area is 195 Å². The zero-order chi connectivity index (χ0) is 22.6. The molecule has 0 spiro atoms. The number of nitrogens with one attached hydrogen (secondary N) is 2. The maximum atomic E-state index is 12.9. The quantitative estimate of drug-likeness (QED) is 0.455. The summed E-state index contributed by atoms with van der Waals surface area (Å²) < 4.78 is 7.16. The second kappa shape index (κ2) is 9.39. The molecule has 3 aromatic heterocycles. The number of ether oxygens (including phenoxy) is 1. The van der Waals surface area contributed by atoms with Crippen LogP contribution in [0.15, 0.2) is 60.4 Å². The van der Waals surface area contributed by atoms with Gasteiger partial charge in [-0.05, 0) is 24.3 Å². The maximum Gasteiger partial charge on any atom is 0.275 e. The van der Waals surface area contributed by atoms with Gasteiger partial charge in [-0.2, -0.15) is 5.10 Å². The number of aromatic nitrogens is 4. The number of amides is 1. The van der Waals surface area contributed by atoms with Crippen molar-refractivity contribution < 1.29 is 9.53 Å². The number of piperazine rings is 1. The van der Waals surface area contributed by atoms with E-state index in [1.807, 2.05) is 42.6 Å². The molecule has 1 saturated heterocycles. The fourth-order valence-corrected chi connectivity index (χ4v) is 4.50. The summed E-state index contributed by atoms with van der Waals surface area (Å²) in [5, 5.41) is 13.3. The summed E-state index contributed by atoms with van der Waals surface area (Å²) in [6.45, 7) is 3.57. The summed E-state index contributed by atoms with van der Waals surface area (Å²) >= 11 is 1.38. The minimum absolute atomic E-state index is 0.272. The standard InChI is InChI=1S/C23H23N7O2S/c1-32-21-5-3-2-4-20(21)30-11-7-16(28-30)23-27-18(15-33-23)22(31)26-17-14-25-8-6-19(17)29-12-9-24-10-13-29/h2-8,11,14-15,24H,9-10,12-13H2,1H3,(H,26,31). The summed E-state index contributed by atoms with van der Waals surface area (Å²) in [6.07, 6.45) is 5.27. The van der Waals surface area contributed by atoms with Crippen LogP contribution >= 0.6 is 11.3 Å². The van der Waals surface area contributed by atoms with E-state index in [1.54, 1.807) is 29.6 Å². The first-order valence-electron chi connectivity index (χ1n) is 10.6. The lowest BCUT2D eigenvalue weighted by atomic mass is 10.2. The number of carbonyl (C=O) groups excluding carboxylic acids is 1. The van der Waals surface area contributed by atoms with Crippen molar-refractivity contribution in [3.63, 3.8) is 0 Å². The van der Waals surface area contributed by atoms with Crippen molar-refractivity contribution in [1.82, 2.24) is 25.1 Å². The number of para-hydroxylation sites is 2. The number of hydrogen-bond donors (Lipinski definition) is 2. The number of hydrogen-bond acceptors (Lipinski definition) is 8. The minimum atomic E-state index is -0.272. The van der Waals surface area contributed by atoms with Crippen molar-refractivity contribution in [2.75, 3.05) is 43.5 Å². The molecule has 0 saturated carbocycles. The van der Waals surface area contributed by atoms with Crippen molar-refractivity contribution in [1.29, 1.82) is 0 Å². The molecule has 1 aromatic carbocycles. The number of benzene rings is 1. The fraction of sp³-hybridized carbons (Fsp3) is 0.217. The molecule has 2 N–H and O–H groups in total. The molecular formula is C23H23N7O2S. The molecular weight excluding hydrogens is 438 g/mol. The van der Waals surface area contributed by atoms with Crippen LogP contribution in [0.4, 0.5) is 11.4 Å². The zero-order valence-electron chi connectivity index (χ0n) is 18.1. The average Bonchev–Trinajstić information content (AvgIpc) is 3.55. The van der Waals surface area contributed by atoms with Gasteiger partial charge >= 0.3 is 0 Å². The van der Waals surface area contributed by atoms with Crippen LogP contribution in [0.25, 0.3) is 16.4 Å². The molecule has 0 radical (unpaired) electrons. The third kappa shape index (κ3) is 4.43. The molecule has 4 heterocycles. The van der Waals surface area contributed by atoms with E-state index in [9.17, 15) is 4.79 Å². The number of carbonyl (C=O) groups is 1. The maximum absolute atomic E-state index is 12.9. The second-order valence-corrected chi connectivity index (χ2v) is 8.30. The molecule has 10 heteroatoms. The molecule has 0 unspecified atom stereocenters. The Bertz CT molecular complexity index is 1260. The number of pyridine rings is 1. The summed E-state index contributed by atoms with van der Waals surface area (Å²) in [5.41, 5.74) is 3.51. The molecule has 0 atom stereocenters. The van der Waals surface area contributed by atoms with Crippen LogP contribution in [0.1, 0.15) is 10.5 Å². The first-order chi connectivity index (χ1) is 16.2. The Kier molecular flexibility index (Phi) is 6.01. The van der Waals surface area contributed by atoms with Crippen LogP contribution < -0.4 is 20.3 Å².